The van der Waals surface area contributed by atoms with Crippen LogP contribution in [-0.4, -0.2) is 0 Å². The topological polar surface area (TPSA) is 9.23 Å². The number of benzene rings is 3. The molecule has 0 aliphatic heterocycles. The summed E-state index contributed by atoms with van der Waals surface area (Å²) in [7, 11) is 0. The van der Waals surface area contributed by atoms with E-state index in [1.165, 1.54) is 11.6 Å². The molecule has 0 radical (unpaired) electrons. The fraction of sp³-hybridized carbons (Fsp3) is 0.143. The molecule has 2 heteroatoms. The predicted octanol–water partition coefficient (Wildman–Crippen LogP) is 5.63. The highest BCUT2D eigenvalue weighted by Crippen LogP contribution is 2.26. The Hall–Kier alpha value is -2.61. The molecule has 0 spiro atoms. The van der Waals surface area contributed by atoms with Gasteiger partial charge in [-0.1, -0.05) is 61.5 Å². The molecular weight excluding hydrogens is 287 g/mol. The highest BCUT2D eigenvalue weighted by Gasteiger charge is 2.06. The first kappa shape index (κ1) is 15.3. The highest BCUT2D eigenvalue weighted by molar-refractivity contribution is 5.64. The van der Waals surface area contributed by atoms with Crippen LogP contribution in [0.15, 0.2) is 72.8 Å². The van der Waals surface area contributed by atoms with Crippen molar-refractivity contribution in [2.24, 2.45) is 0 Å². The minimum Gasteiger partial charge on any atom is -0.489 e. The Bertz CT molecular complexity index is 764. The molecule has 0 unspecified atom stereocenters. The van der Waals surface area contributed by atoms with E-state index in [0.717, 1.165) is 17.5 Å². The maximum absolute atomic E-state index is 14.3. The molecule has 3 aromatic carbocycles. The molecule has 0 saturated heterocycles. The van der Waals surface area contributed by atoms with Crippen LogP contribution in [0.4, 0.5) is 4.39 Å². The van der Waals surface area contributed by atoms with Crippen molar-refractivity contribution in [1.82, 2.24) is 0 Å². The van der Waals surface area contributed by atoms with Crippen molar-refractivity contribution in [2.75, 3.05) is 0 Å². The molecule has 1 nitrogen and oxygen atoms in total. The number of halogens is 1. The molecule has 0 bridgehead atoms. The van der Waals surface area contributed by atoms with Gasteiger partial charge < -0.3 is 4.74 Å². The average Bonchev–Trinajstić information content (AvgIpc) is 2.61. The van der Waals surface area contributed by atoms with Gasteiger partial charge in [-0.05, 0) is 35.2 Å². The zero-order chi connectivity index (χ0) is 16.1. The number of ether oxygens (including phenoxy) is 1. The summed E-state index contributed by atoms with van der Waals surface area (Å²) >= 11 is 0. The van der Waals surface area contributed by atoms with E-state index in [2.05, 4.69) is 19.1 Å². The predicted molar refractivity (Wildman–Crippen MR) is 92.0 cm³/mol. The quantitative estimate of drug-likeness (QED) is 0.593. The van der Waals surface area contributed by atoms with Gasteiger partial charge in [0.25, 0.3) is 0 Å². The number of rotatable bonds is 5. The first-order valence-electron chi connectivity index (χ1n) is 7.82. The van der Waals surface area contributed by atoms with Gasteiger partial charge in [0.05, 0.1) is 0 Å². The maximum atomic E-state index is 14.3. The molecule has 0 aromatic heterocycles. The second-order valence-corrected chi connectivity index (χ2v) is 5.47. The van der Waals surface area contributed by atoms with E-state index >= 15 is 0 Å². The Kier molecular flexibility index (Phi) is 4.72. The lowest BCUT2D eigenvalue weighted by Crippen LogP contribution is -1.96. The molecule has 0 saturated carbocycles. The molecule has 0 N–H and O–H groups in total. The largest absolute Gasteiger partial charge is 0.489 e. The lowest BCUT2D eigenvalue weighted by atomic mass is 10.1. The Morgan fingerprint density at radius 1 is 0.826 bits per heavy atom. The Morgan fingerprint density at radius 3 is 2.17 bits per heavy atom. The van der Waals surface area contributed by atoms with E-state index in [-0.39, 0.29) is 5.82 Å². The minimum absolute atomic E-state index is 0.268. The molecule has 3 aromatic rings. The summed E-state index contributed by atoms with van der Waals surface area (Å²) in [5.74, 6) is 0.275. The van der Waals surface area contributed by atoms with E-state index in [4.69, 9.17) is 4.74 Å². The summed E-state index contributed by atoms with van der Waals surface area (Å²) in [6.45, 7) is 2.57. The molecule has 0 aliphatic rings. The third-order valence-electron chi connectivity index (χ3n) is 3.86. The maximum Gasteiger partial charge on any atom is 0.134 e. The molecule has 23 heavy (non-hydrogen) atoms. The number of hydrogen-bond donors (Lipinski definition) is 0. The van der Waals surface area contributed by atoms with Gasteiger partial charge in [-0.25, -0.2) is 4.39 Å². The van der Waals surface area contributed by atoms with E-state index < -0.39 is 0 Å². The first-order valence-corrected chi connectivity index (χ1v) is 7.82. The second kappa shape index (κ2) is 7.10. The van der Waals surface area contributed by atoms with Gasteiger partial charge in [0.2, 0.25) is 0 Å². The summed E-state index contributed by atoms with van der Waals surface area (Å²) in [4.78, 5) is 0. The monoisotopic (exact) mass is 306 g/mol. The van der Waals surface area contributed by atoms with Crippen molar-refractivity contribution in [2.45, 2.75) is 20.0 Å². The van der Waals surface area contributed by atoms with Gasteiger partial charge in [0.1, 0.15) is 18.2 Å². The van der Waals surface area contributed by atoms with Crippen molar-refractivity contribution < 1.29 is 9.13 Å². The molecular formula is C21H19FO. The van der Waals surface area contributed by atoms with Crippen molar-refractivity contribution in [1.29, 1.82) is 0 Å². The van der Waals surface area contributed by atoms with Crippen LogP contribution in [0.5, 0.6) is 5.75 Å². The highest BCUT2D eigenvalue weighted by atomic mass is 19.1. The van der Waals surface area contributed by atoms with Crippen LogP contribution in [0, 0.1) is 5.82 Å². The summed E-state index contributed by atoms with van der Waals surface area (Å²) in [5.41, 5.74) is 3.83. The molecule has 0 amide bonds. The van der Waals surface area contributed by atoms with Crippen LogP contribution in [-0.2, 0) is 13.0 Å². The number of aryl methyl sites for hydroxylation is 1. The zero-order valence-electron chi connectivity index (χ0n) is 13.1. The van der Waals surface area contributed by atoms with Gasteiger partial charge in [0, 0.05) is 11.6 Å². The van der Waals surface area contributed by atoms with E-state index in [1.807, 2.05) is 48.5 Å². The number of hydrogen-bond acceptors (Lipinski definition) is 1. The lowest BCUT2D eigenvalue weighted by molar-refractivity contribution is 0.304. The molecule has 0 aliphatic carbocycles. The summed E-state index contributed by atoms with van der Waals surface area (Å²) in [6, 6.07) is 22.8. The van der Waals surface area contributed by atoms with Crippen LogP contribution in [0.25, 0.3) is 11.1 Å². The molecule has 0 atom stereocenters. The van der Waals surface area contributed by atoms with Crippen LogP contribution < -0.4 is 4.74 Å². The van der Waals surface area contributed by atoms with Crippen LogP contribution in [0.3, 0.4) is 0 Å². The van der Waals surface area contributed by atoms with Crippen molar-refractivity contribution in [3.05, 3.63) is 89.7 Å². The average molecular weight is 306 g/mol. The Labute approximate surface area is 136 Å². The first-order chi connectivity index (χ1) is 11.3. The third-order valence-corrected chi connectivity index (χ3v) is 3.86. The summed E-state index contributed by atoms with van der Waals surface area (Å²) in [6.07, 6.45) is 1.02. The van der Waals surface area contributed by atoms with Crippen molar-refractivity contribution in [3.63, 3.8) is 0 Å². The fourth-order valence-corrected chi connectivity index (χ4v) is 2.48. The van der Waals surface area contributed by atoms with Crippen LogP contribution in [0.1, 0.15) is 18.1 Å². The molecule has 3 rings (SSSR count). The summed E-state index contributed by atoms with van der Waals surface area (Å²) in [5, 5.41) is 0. The Balaban J connectivity index is 1.70. The molecule has 116 valence electrons. The molecule has 0 fully saturated rings. The van der Waals surface area contributed by atoms with Crippen molar-refractivity contribution in [3.8, 4) is 16.9 Å². The van der Waals surface area contributed by atoms with E-state index in [9.17, 15) is 4.39 Å². The van der Waals surface area contributed by atoms with Crippen LogP contribution >= 0.6 is 0 Å². The van der Waals surface area contributed by atoms with E-state index in [1.54, 1.807) is 6.07 Å². The van der Waals surface area contributed by atoms with Crippen molar-refractivity contribution >= 4 is 0 Å². The smallest absolute Gasteiger partial charge is 0.134 e. The van der Waals surface area contributed by atoms with Gasteiger partial charge in [0.15, 0.2) is 0 Å². The van der Waals surface area contributed by atoms with E-state index in [0.29, 0.717) is 17.9 Å². The zero-order valence-corrected chi connectivity index (χ0v) is 13.1. The van der Waals surface area contributed by atoms with Crippen LogP contribution in [0.2, 0.25) is 0 Å². The van der Waals surface area contributed by atoms with Gasteiger partial charge in [-0.3, -0.25) is 0 Å². The standard InChI is InChI=1S/C21H19FO/c1-2-16-8-10-17(11-9-16)15-23-19-12-13-20(21(22)14-19)18-6-4-3-5-7-18/h3-14H,2,15H2,1H3. The fourth-order valence-electron chi connectivity index (χ4n) is 2.48. The van der Waals surface area contributed by atoms with Gasteiger partial charge >= 0.3 is 0 Å². The normalized spacial score (nSPS) is 10.5. The SMILES string of the molecule is CCc1ccc(COc2ccc(-c3ccccc3)c(F)c2)cc1. The second-order valence-electron chi connectivity index (χ2n) is 5.47. The lowest BCUT2D eigenvalue weighted by Gasteiger charge is -2.09. The molecule has 0 heterocycles. The van der Waals surface area contributed by atoms with Gasteiger partial charge in [-0.2, -0.15) is 0 Å². The minimum atomic E-state index is -0.268. The third kappa shape index (κ3) is 3.78. The van der Waals surface area contributed by atoms with Gasteiger partial charge in [-0.15, -0.1) is 0 Å². The Morgan fingerprint density at radius 2 is 1.52 bits per heavy atom. The summed E-state index contributed by atoms with van der Waals surface area (Å²) < 4.78 is 20.0.